The van der Waals surface area contributed by atoms with Crippen molar-refractivity contribution < 1.29 is 9.21 Å². The van der Waals surface area contributed by atoms with Gasteiger partial charge >= 0.3 is 0 Å². The number of carbonyl (C=O) groups is 1. The van der Waals surface area contributed by atoms with Gasteiger partial charge in [0, 0.05) is 16.5 Å². The molecule has 2 heterocycles. The zero-order valence-corrected chi connectivity index (χ0v) is 15.1. The van der Waals surface area contributed by atoms with E-state index in [9.17, 15) is 4.79 Å². The van der Waals surface area contributed by atoms with Crippen molar-refractivity contribution in [2.75, 3.05) is 0 Å². The second-order valence-corrected chi connectivity index (χ2v) is 6.35. The lowest BCUT2D eigenvalue weighted by Gasteiger charge is -2.01. The molecular formula is C22H19N3O2. The number of hydrogen-bond acceptors (Lipinski definition) is 3. The summed E-state index contributed by atoms with van der Waals surface area (Å²) in [7, 11) is 0. The molecule has 5 heteroatoms. The van der Waals surface area contributed by atoms with Crippen LogP contribution in [0.5, 0.6) is 0 Å². The van der Waals surface area contributed by atoms with E-state index in [-0.39, 0.29) is 5.91 Å². The van der Waals surface area contributed by atoms with Gasteiger partial charge in [-0.15, -0.1) is 0 Å². The molecule has 2 N–H and O–H groups in total. The normalized spacial score (nSPS) is 11.3. The SMILES string of the molecule is Cc1cc(C(=O)N/N=C/c2c(-c3ccccc3)[nH]c3ccccc23)c(C)o1. The first kappa shape index (κ1) is 16.8. The highest BCUT2D eigenvalue weighted by molar-refractivity contribution is 6.06. The number of H-pyrrole nitrogens is 1. The molecule has 0 saturated carbocycles. The number of nitrogens with one attached hydrogen (secondary N) is 2. The smallest absolute Gasteiger partial charge is 0.274 e. The molecule has 0 unspecified atom stereocenters. The molecule has 5 nitrogen and oxygen atoms in total. The second kappa shape index (κ2) is 6.96. The number of aromatic amines is 1. The Kier molecular flexibility index (Phi) is 4.34. The van der Waals surface area contributed by atoms with E-state index in [4.69, 9.17) is 4.42 Å². The lowest BCUT2D eigenvalue weighted by atomic mass is 10.1. The lowest BCUT2D eigenvalue weighted by molar-refractivity contribution is 0.0953. The quantitative estimate of drug-likeness (QED) is 0.406. The van der Waals surface area contributed by atoms with Crippen molar-refractivity contribution in [3.8, 4) is 11.3 Å². The summed E-state index contributed by atoms with van der Waals surface area (Å²) in [4.78, 5) is 15.8. The molecule has 0 fully saturated rings. The van der Waals surface area contributed by atoms with Crippen LogP contribution in [0.15, 0.2) is 70.2 Å². The van der Waals surface area contributed by atoms with E-state index in [2.05, 4.69) is 15.5 Å². The van der Waals surface area contributed by atoms with Crippen LogP contribution >= 0.6 is 0 Å². The van der Waals surface area contributed by atoms with Gasteiger partial charge in [-0.05, 0) is 31.5 Å². The Bertz CT molecular complexity index is 1140. The molecular weight excluding hydrogens is 338 g/mol. The zero-order chi connectivity index (χ0) is 18.8. The molecule has 0 aliphatic carbocycles. The Hall–Kier alpha value is -3.60. The molecule has 0 aliphatic heterocycles. The molecule has 0 bridgehead atoms. The first-order valence-corrected chi connectivity index (χ1v) is 8.70. The van der Waals surface area contributed by atoms with E-state index in [0.29, 0.717) is 17.1 Å². The van der Waals surface area contributed by atoms with Crippen LogP contribution < -0.4 is 5.43 Å². The summed E-state index contributed by atoms with van der Waals surface area (Å²) in [5, 5.41) is 5.24. The van der Waals surface area contributed by atoms with Gasteiger partial charge in [-0.1, -0.05) is 48.5 Å². The van der Waals surface area contributed by atoms with Crippen LogP contribution in [0.1, 0.15) is 27.4 Å². The summed E-state index contributed by atoms with van der Waals surface area (Å²) in [6, 6.07) is 19.8. The minimum atomic E-state index is -0.290. The average Bonchev–Trinajstić information content (AvgIpc) is 3.22. The third kappa shape index (κ3) is 3.27. The highest BCUT2D eigenvalue weighted by atomic mass is 16.3. The fraction of sp³-hybridized carbons (Fsp3) is 0.0909. The van der Waals surface area contributed by atoms with E-state index in [0.717, 1.165) is 27.7 Å². The maximum Gasteiger partial charge on any atom is 0.274 e. The van der Waals surface area contributed by atoms with Crippen LogP contribution in [-0.2, 0) is 0 Å². The summed E-state index contributed by atoms with van der Waals surface area (Å²) in [6.45, 7) is 3.57. The van der Waals surface area contributed by atoms with Crippen LogP contribution in [0.4, 0.5) is 0 Å². The minimum Gasteiger partial charge on any atom is -0.466 e. The molecule has 0 atom stereocenters. The maximum absolute atomic E-state index is 12.3. The lowest BCUT2D eigenvalue weighted by Crippen LogP contribution is -2.17. The van der Waals surface area contributed by atoms with Crippen LogP contribution in [0.3, 0.4) is 0 Å². The number of amides is 1. The largest absolute Gasteiger partial charge is 0.466 e. The molecule has 4 aromatic rings. The van der Waals surface area contributed by atoms with Crippen molar-refractivity contribution in [3.63, 3.8) is 0 Å². The van der Waals surface area contributed by atoms with Gasteiger partial charge in [0.05, 0.1) is 17.5 Å². The molecule has 4 rings (SSSR count). The third-order valence-electron chi connectivity index (χ3n) is 4.45. The van der Waals surface area contributed by atoms with E-state index in [1.165, 1.54) is 0 Å². The van der Waals surface area contributed by atoms with Gasteiger partial charge in [0.15, 0.2) is 0 Å². The standard InChI is InChI=1S/C22H19N3O2/c1-14-12-18(15(2)27-14)22(26)25-23-13-19-17-10-6-7-11-20(17)24-21(19)16-8-4-3-5-9-16/h3-13,24H,1-2H3,(H,25,26)/b23-13+. The number of hydrazone groups is 1. The molecule has 1 amide bonds. The predicted molar refractivity (Wildman–Crippen MR) is 107 cm³/mol. The predicted octanol–water partition coefficient (Wildman–Crippen LogP) is 4.81. The van der Waals surface area contributed by atoms with Crippen molar-refractivity contribution in [2.45, 2.75) is 13.8 Å². The average molecular weight is 357 g/mol. The van der Waals surface area contributed by atoms with Crippen molar-refractivity contribution in [3.05, 3.63) is 83.3 Å². The van der Waals surface area contributed by atoms with Crippen molar-refractivity contribution >= 4 is 23.0 Å². The van der Waals surface area contributed by atoms with Crippen molar-refractivity contribution in [2.24, 2.45) is 5.10 Å². The van der Waals surface area contributed by atoms with Gasteiger partial charge in [-0.3, -0.25) is 4.79 Å². The van der Waals surface area contributed by atoms with Crippen molar-refractivity contribution in [1.82, 2.24) is 10.4 Å². The summed E-state index contributed by atoms with van der Waals surface area (Å²) in [6.07, 6.45) is 1.68. The van der Waals surface area contributed by atoms with Gasteiger partial charge in [-0.25, -0.2) is 5.43 Å². The number of hydrogen-bond donors (Lipinski definition) is 2. The van der Waals surface area contributed by atoms with Gasteiger partial charge in [0.2, 0.25) is 0 Å². The van der Waals surface area contributed by atoms with Gasteiger partial charge in [-0.2, -0.15) is 5.10 Å². The monoisotopic (exact) mass is 357 g/mol. The Morgan fingerprint density at radius 1 is 1.07 bits per heavy atom. The minimum absolute atomic E-state index is 0.290. The molecule has 27 heavy (non-hydrogen) atoms. The maximum atomic E-state index is 12.3. The molecule has 0 radical (unpaired) electrons. The van der Waals surface area contributed by atoms with Crippen LogP contribution in [0.25, 0.3) is 22.2 Å². The summed E-state index contributed by atoms with van der Waals surface area (Å²) in [5.74, 6) is 0.989. The summed E-state index contributed by atoms with van der Waals surface area (Å²) < 4.78 is 5.40. The number of benzene rings is 2. The molecule has 0 spiro atoms. The summed E-state index contributed by atoms with van der Waals surface area (Å²) >= 11 is 0. The number of aromatic nitrogens is 1. The number of rotatable bonds is 4. The zero-order valence-electron chi connectivity index (χ0n) is 15.1. The number of carbonyl (C=O) groups excluding carboxylic acids is 1. The molecule has 2 aromatic carbocycles. The van der Waals surface area contributed by atoms with Crippen LogP contribution in [-0.4, -0.2) is 17.1 Å². The fourth-order valence-corrected chi connectivity index (χ4v) is 3.20. The third-order valence-corrected chi connectivity index (χ3v) is 4.45. The molecule has 0 saturated heterocycles. The number of fused-ring (bicyclic) bond motifs is 1. The van der Waals surface area contributed by atoms with Crippen LogP contribution in [0.2, 0.25) is 0 Å². The van der Waals surface area contributed by atoms with Crippen molar-refractivity contribution in [1.29, 1.82) is 0 Å². The highest BCUT2D eigenvalue weighted by Crippen LogP contribution is 2.28. The van der Waals surface area contributed by atoms with Crippen LogP contribution in [0, 0.1) is 13.8 Å². The Labute approximate surface area is 156 Å². The highest BCUT2D eigenvalue weighted by Gasteiger charge is 2.14. The van der Waals surface area contributed by atoms with E-state index in [1.54, 1.807) is 19.2 Å². The Morgan fingerprint density at radius 3 is 2.56 bits per heavy atom. The van der Waals surface area contributed by atoms with Gasteiger partial charge in [0.1, 0.15) is 11.5 Å². The fourth-order valence-electron chi connectivity index (χ4n) is 3.20. The Balaban J connectivity index is 1.68. The summed E-state index contributed by atoms with van der Waals surface area (Å²) in [5.41, 5.74) is 7.05. The Morgan fingerprint density at radius 2 is 1.81 bits per heavy atom. The van der Waals surface area contributed by atoms with E-state index < -0.39 is 0 Å². The number of para-hydroxylation sites is 1. The number of furan rings is 1. The van der Waals surface area contributed by atoms with E-state index in [1.807, 2.05) is 61.5 Å². The molecule has 134 valence electrons. The molecule has 0 aliphatic rings. The van der Waals surface area contributed by atoms with E-state index >= 15 is 0 Å². The first-order chi connectivity index (χ1) is 13.1. The van der Waals surface area contributed by atoms with Gasteiger partial charge < -0.3 is 9.40 Å². The topological polar surface area (TPSA) is 70.4 Å². The first-order valence-electron chi connectivity index (χ1n) is 8.70. The second-order valence-electron chi connectivity index (χ2n) is 6.35. The molecule has 2 aromatic heterocycles. The van der Waals surface area contributed by atoms with Gasteiger partial charge in [0.25, 0.3) is 5.91 Å². The number of nitrogens with zero attached hydrogens (tertiary/aromatic N) is 1. The number of aryl methyl sites for hydroxylation is 2.